The molecular formula is C11H13ClN4O3S. The van der Waals surface area contributed by atoms with Crippen molar-refractivity contribution in [2.24, 2.45) is 7.05 Å². The number of ether oxygens (including phenoxy) is 1. The zero-order chi connectivity index (χ0) is 14.7. The number of rotatable bonds is 5. The summed E-state index contributed by atoms with van der Waals surface area (Å²) in [7, 11) is 1.81. The first kappa shape index (κ1) is 14.9. The van der Waals surface area contributed by atoms with Crippen molar-refractivity contribution in [2.75, 3.05) is 6.61 Å². The maximum Gasteiger partial charge on any atom is 0.396 e. The molecule has 2 aromatic heterocycles. The fourth-order valence-electron chi connectivity index (χ4n) is 1.51. The summed E-state index contributed by atoms with van der Waals surface area (Å²) in [5.74, 6) is -0.261. The summed E-state index contributed by atoms with van der Waals surface area (Å²) in [5.41, 5.74) is 1.62. The van der Waals surface area contributed by atoms with Gasteiger partial charge in [-0.3, -0.25) is 4.68 Å². The lowest BCUT2D eigenvalue weighted by Gasteiger charge is -1.99. The highest BCUT2D eigenvalue weighted by Crippen LogP contribution is 2.27. The van der Waals surface area contributed by atoms with Gasteiger partial charge in [0, 0.05) is 12.8 Å². The first-order chi connectivity index (χ1) is 9.52. The van der Waals surface area contributed by atoms with Gasteiger partial charge in [-0.15, -0.1) is 5.10 Å². The largest absolute Gasteiger partial charge is 0.459 e. The van der Waals surface area contributed by atoms with E-state index in [1.54, 1.807) is 11.6 Å². The van der Waals surface area contributed by atoms with Crippen molar-refractivity contribution in [3.05, 3.63) is 22.3 Å². The summed E-state index contributed by atoms with van der Waals surface area (Å²) in [5, 5.41) is 12.5. The average molecular weight is 317 g/mol. The van der Waals surface area contributed by atoms with Crippen molar-refractivity contribution >= 4 is 29.3 Å². The molecule has 0 aliphatic rings. The molecule has 2 heterocycles. The number of hydrogen-bond acceptors (Lipinski definition) is 7. The Bertz CT molecular complexity index is 625. The number of nitrogens with zero attached hydrogens (tertiary/aromatic N) is 4. The lowest BCUT2D eigenvalue weighted by Crippen LogP contribution is -2.04. The lowest BCUT2D eigenvalue weighted by molar-refractivity contribution is 0.0475. The standard InChI is InChI=1S/C11H13ClN4O3S/c1-4-18-10(17)9-13-14-11(19-9)20-5-7-8(12)6(2)15-16(7)3/h4-5H2,1-3H3. The molecule has 108 valence electrons. The van der Waals surface area contributed by atoms with Gasteiger partial charge in [0.15, 0.2) is 0 Å². The zero-order valence-corrected chi connectivity index (χ0v) is 12.8. The minimum absolute atomic E-state index is 0.151. The van der Waals surface area contributed by atoms with Crippen LogP contribution in [0.5, 0.6) is 0 Å². The van der Waals surface area contributed by atoms with Gasteiger partial charge in [-0.25, -0.2) is 4.79 Å². The lowest BCUT2D eigenvalue weighted by atomic mass is 10.4. The van der Waals surface area contributed by atoms with Crippen LogP contribution in [0, 0.1) is 6.92 Å². The molecule has 0 spiro atoms. The highest BCUT2D eigenvalue weighted by Gasteiger charge is 2.17. The molecule has 7 nitrogen and oxygen atoms in total. The molecule has 2 aromatic rings. The molecular weight excluding hydrogens is 304 g/mol. The molecule has 2 rings (SSSR count). The van der Waals surface area contributed by atoms with Crippen molar-refractivity contribution in [1.82, 2.24) is 20.0 Å². The molecule has 0 N–H and O–H groups in total. The summed E-state index contributed by atoms with van der Waals surface area (Å²) in [6.07, 6.45) is 0. The Hall–Kier alpha value is -1.54. The summed E-state index contributed by atoms with van der Waals surface area (Å²) >= 11 is 7.42. The molecule has 0 saturated carbocycles. The third-order valence-electron chi connectivity index (χ3n) is 2.45. The predicted molar refractivity (Wildman–Crippen MR) is 72.8 cm³/mol. The number of carbonyl (C=O) groups excluding carboxylic acids is 1. The quantitative estimate of drug-likeness (QED) is 0.617. The van der Waals surface area contributed by atoms with Gasteiger partial charge >= 0.3 is 11.9 Å². The van der Waals surface area contributed by atoms with Gasteiger partial charge in [-0.2, -0.15) is 5.10 Å². The van der Waals surface area contributed by atoms with Crippen molar-refractivity contribution in [3.8, 4) is 0 Å². The van der Waals surface area contributed by atoms with Crippen LogP contribution < -0.4 is 0 Å². The Morgan fingerprint density at radius 2 is 2.25 bits per heavy atom. The van der Waals surface area contributed by atoms with Gasteiger partial charge in [0.25, 0.3) is 5.22 Å². The van der Waals surface area contributed by atoms with Crippen molar-refractivity contribution in [3.63, 3.8) is 0 Å². The fourth-order valence-corrected chi connectivity index (χ4v) is 2.64. The van der Waals surface area contributed by atoms with Crippen LogP contribution in [-0.2, 0) is 17.5 Å². The SMILES string of the molecule is CCOC(=O)c1nnc(SCc2c(Cl)c(C)nn2C)o1. The number of halogens is 1. The van der Waals surface area contributed by atoms with Crippen LogP contribution in [0.4, 0.5) is 0 Å². The van der Waals surface area contributed by atoms with Gasteiger partial charge in [0.2, 0.25) is 0 Å². The maximum absolute atomic E-state index is 11.4. The van der Waals surface area contributed by atoms with Gasteiger partial charge in [-0.05, 0) is 13.8 Å². The highest BCUT2D eigenvalue weighted by molar-refractivity contribution is 7.98. The summed E-state index contributed by atoms with van der Waals surface area (Å²) in [4.78, 5) is 11.4. The van der Waals surface area contributed by atoms with E-state index in [9.17, 15) is 4.79 Å². The van der Waals surface area contributed by atoms with Crippen LogP contribution in [-0.4, -0.2) is 32.6 Å². The molecule has 0 aromatic carbocycles. The summed E-state index contributed by atoms with van der Waals surface area (Å²) in [6, 6.07) is 0. The molecule has 20 heavy (non-hydrogen) atoms. The van der Waals surface area contributed by atoms with Crippen LogP contribution in [0.25, 0.3) is 0 Å². The smallest absolute Gasteiger partial charge is 0.396 e. The summed E-state index contributed by atoms with van der Waals surface area (Å²) < 4.78 is 11.7. The average Bonchev–Trinajstić information content (AvgIpc) is 2.95. The number of thioether (sulfide) groups is 1. The van der Waals surface area contributed by atoms with Crippen molar-refractivity contribution in [1.29, 1.82) is 0 Å². The molecule has 0 unspecified atom stereocenters. The van der Waals surface area contributed by atoms with Crippen molar-refractivity contribution < 1.29 is 13.9 Å². The maximum atomic E-state index is 11.4. The van der Waals surface area contributed by atoms with E-state index in [0.717, 1.165) is 11.4 Å². The molecule has 0 amide bonds. The third kappa shape index (κ3) is 3.13. The van der Waals surface area contributed by atoms with E-state index in [-0.39, 0.29) is 17.7 Å². The van der Waals surface area contributed by atoms with E-state index in [2.05, 4.69) is 15.3 Å². The van der Waals surface area contributed by atoms with Crippen LogP contribution in [0.1, 0.15) is 29.0 Å². The molecule has 0 aliphatic heterocycles. The minimum Gasteiger partial charge on any atom is -0.459 e. The van der Waals surface area contributed by atoms with E-state index in [4.69, 9.17) is 20.8 Å². The van der Waals surface area contributed by atoms with Crippen molar-refractivity contribution in [2.45, 2.75) is 24.8 Å². The first-order valence-electron chi connectivity index (χ1n) is 5.84. The monoisotopic (exact) mass is 316 g/mol. The predicted octanol–water partition coefficient (Wildman–Crippen LogP) is 2.23. The normalized spacial score (nSPS) is 10.8. The van der Waals surface area contributed by atoms with Gasteiger partial charge in [0.1, 0.15) is 0 Å². The van der Waals surface area contributed by atoms with E-state index in [1.165, 1.54) is 11.8 Å². The number of carbonyl (C=O) groups is 1. The van der Waals surface area contributed by atoms with Gasteiger partial charge < -0.3 is 9.15 Å². The van der Waals surface area contributed by atoms with E-state index in [0.29, 0.717) is 10.8 Å². The molecule has 0 fully saturated rings. The Balaban J connectivity index is 2.03. The Morgan fingerprint density at radius 1 is 1.50 bits per heavy atom. The fraction of sp³-hybridized carbons (Fsp3) is 0.455. The van der Waals surface area contributed by atoms with E-state index < -0.39 is 5.97 Å². The zero-order valence-electron chi connectivity index (χ0n) is 11.2. The summed E-state index contributed by atoms with van der Waals surface area (Å²) in [6.45, 7) is 3.80. The second-order valence-electron chi connectivity index (χ2n) is 3.85. The number of esters is 1. The number of aryl methyl sites for hydroxylation is 2. The molecule has 0 atom stereocenters. The van der Waals surface area contributed by atoms with Crippen LogP contribution in [0.2, 0.25) is 5.02 Å². The van der Waals surface area contributed by atoms with E-state index >= 15 is 0 Å². The number of aromatic nitrogens is 4. The Morgan fingerprint density at radius 3 is 2.85 bits per heavy atom. The first-order valence-corrected chi connectivity index (χ1v) is 7.20. The minimum atomic E-state index is -0.624. The molecule has 0 saturated heterocycles. The van der Waals surface area contributed by atoms with E-state index in [1.807, 2.05) is 14.0 Å². The second kappa shape index (κ2) is 6.27. The number of hydrogen-bond donors (Lipinski definition) is 0. The van der Waals surface area contributed by atoms with Crippen LogP contribution in [0.15, 0.2) is 9.64 Å². The Labute approximate surface area is 124 Å². The topological polar surface area (TPSA) is 83.0 Å². The molecule has 0 radical (unpaired) electrons. The molecule has 9 heteroatoms. The Kier molecular flexibility index (Phi) is 4.66. The third-order valence-corrected chi connectivity index (χ3v) is 3.77. The molecule has 0 aliphatic carbocycles. The second-order valence-corrected chi connectivity index (χ2v) is 5.16. The highest BCUT2D eigenvalue weighted by atomic mass is 35.5. The van der Waals surface area contributed by atoms with Crippen LogP contribution in [0.3, 0.4) is 0 Å². The van der Waals surface area contributed by atoms with Gasteiger partial charge in [-0.1, -0.05) is 28.5 Å². The van der Waals surface area contributed by atoms with Crippen LogP contribution >= 0.6 is 23.4 Å². The van der Waals surface area contributed by atoms with Gasteiger partial charge in [0.05, 0.1) is 23.0 Å². The molecule has 0 bridgehead atoms.